The molecular formula is C13H21NO6S. The number of nitrogens with zero attached hydrogens (tertiary/aromatic N) is 1. The van der Waals surface area contributed by atoms with Crippen molar-refractivity contribution in [1.29, 1.82) is 0 Å². The van der Waals surface area contributed by atoms with Crippen LogP contribution in [0, 0.1) is 0 Å². The van der Waals surface area contributed by atoms with Crippen LogP contribution < -0.4 is 0 Å². The minimum Gasteiger partial charge on any atom is -0.479 e. The van der Waals surface area contributed by atoms with E-state index in [0.717, 1.165) is 4.90 Å². The van der Waals surface area contributed by atoms with Gasteiger partial charge in [0.05, 0.1) is 11.5 Å². The number of carbonyl (C=O) groups is 2. The number of hydrogen-bond acceptors (Lipinski definition) is 5. The van der Waals surface area contributed by atoms with E-state index in [2.05, 4.69) is 0 Å². The van der Waals surface area contributed by atoms with Gasteiger partial charge in [0.1, 0.15) is 5.60 Å². The minimum atomic E-state index is -3.46. The van der Waals surface area contributed by atoms with Crippen molar-refractivity contribution in [2.24, 2.45) is 0 Å². The molecule has 21 heavy (non-hydrogen) atoms. The lowest BCUT2D eigenvalue weighted by atomic mass is 9.96. The molecule has 1 unspecified atom stereocenters. The van der Waals surface area contributed by atoms with Crippen LogP contribution in [0.15, 0.2) is 0 Å². The van der Waals surface area contributed by atoms with Crippen molar-refractivity contribution in [3.8, 4) is 0 Å². The Kier molecular flexibility index (Phi) is 3.72. The fourth-order valence-corrected chi connectivity index (χ4v) is 4.54. The van der Waals surface area contributed by atoms with Crippen molar-refractivity contribution in [3.05, 3.63) is 0 Å². The summed E-state index contributed by atoms with van der Waals surface area (Å²) in [4.78, 5) is 25.3. The van der Waals surface area contributed by atoms with Gasteiger partial charge in [-0.15, -0.1) is 0 Å². The van der Waals surface area contributed by atoms with E-state index in [9.17, 15) is 23.1 Å². The maximum atomic E-state index is 12.4. The number of rotatable bonds is 3. The van der Waals surface area contributed by atoms with E-state index in [4.69, 9.17) is 4.74 Å². The third kappa shape index (κ3) is 3.30. The molecule has 2 fully saturated rings. The summed E-state index contributed by atoms with van der Waals surface area (Å²) in [6.45, 7) is 5.07. The van der Waals surface area contributed by atoms with Gasteiger partial charge in [-0.25, -0.2) is 18.0 Å². The summed E-state index contributed by atoms with van der Waals surface area (Å²) in [5.41, 5.74) is -2.45. The number of aliphatic carboxylic acids is 1. The molecule has 0 aromatic rings. The number of sulfone groups is 1. The molecule has 1 amide bonds. The molecule has 8 heteroatoms. The largest absolute Gasteiger partial charge is 0.479 e. The highest BCUT2D eigenvalue weighted by atomic mass is 32.2. The molecule has 2 rings (SSSR count). The van der Waals surface area contributed by atoms with E-state index in [1.807, 2.05) is 0 Å². The fourth-order valence-electron chi connectivity index (χ4n) is 2.61. The Morgan fingerprint density at radius 2 is 1.86 bits per heavy atom. The van der Waals surface area contributed by atoms with E-state index in [1.165, 1.54) is 0 Å². The molecule has 1 N–H and O–H groups in total. The molecule has 1 atom stereocenters. The first-order valence-corrected chi connectivity index (χ1v) is 8.75. The van der Waals surface area contributed by atoms with Gasteiger partial charge in [0, 0.05) is 6.04 Å². The third-order valence-corrected chi connectivity index (χ3v) is 5.39. The summed E-state index contributed by atoms with van der Waals surface area (Å²) in [7, 11) is -3.46. The van der Waals surface area contributed by atoms with Gasteiger partial charge in [-0.1, -0.05) is 0 Å². The Hall–Kier alpha value is -1.31. The quantitative estimate of drug-likeness (QED) is 0.833. The van der Waals surface area contributed by atoms with Crippen molar-refractivity contribution >= 4 is 21.9 Å². The molecule has 1 heterocycles. The summed E-state index contributed by atoms with van der Waals surface area (Å²) >= 11 is 0. The smallest absolute Gasteiger partial charge is 0.411 e. The Balaban J connectivity index is 2.36. The van der Waals surface area contributed by atoms with Crippen LogP contribution in [0.2, 0.25) is 0 Å². The maximum Gasteiger partial charge on any atom is 0.411 e. The van der Waals surface area contributed by atoms with Gasteiger partial charge in [0.25, 0.3) is 0 Å². The van der Waals surface area contributed by atoms with Crippen LogP contribution in [0.5, 0.6) is 0 Å². The Morgan fingerprint density at radius 1 is 1.29 bits per heavy atom. The van der Waals surface area contributed by atoms with Crippen LogP contribution in [-0.2, 0) is 19.4 Å². The minimum absolute atomic E-state index is 0.0829. The van der Waals surface area contributed by atoms with Crippen molar-refractivity contribution in [1.82, 2.24) is 4.90 Å². The summed E-state index contributed by atoms with van der Waals surface area (Å²) in [6.07, 6.45) is 0.521. The van der Waals surface area contributed by atoms with E-state index in [0.29, 0.717) is 12.8 Å². The highest BCUT2D eigenvalue weighted by molar-refractivity contribution is 7.91. The number of carboxylic acid groups (broad SMARTS) is 1. The van der Waals surface area contributed by atoms with E-state index < -0.39 is 38.8 Å². The molecule has 120 valence electrons. The molecule has 0 spiro atoms. The van der Waals surface area contributed by atoms with Gasteiger partial charge in [-0.3, -0.25) is 4.90 Å². The van der Waals surface area contributed by atoms with E-state index >= 15 is 0 Å². The van der Waals surface area contributed by atoms with Crippen LogP contribution in [-0.4, -0.2) is 59.2 Å². The van der Waals surface area contributed by atoms with Crippen LogP contribution in [0.3, 0.4) is 0 Å². The number of carbonyl (C=O) groups excluding carboxylic acids is 1. The molecule has 0 bridgehead atoms. The highest BCUT2D eigenvalue weighted by Gasteiger charge is 2.58. The molecule has 7 nitrogen and oxygen atoms in total. The lowest BCUT2D eigenvalue weighted by molar-refractivity contribution is -0.150. The summed E-state index contributed by atoms with van der Waals surface area (Å²) in [5.74, 6) is -2.03. The van der Waals surface area contributed by atoms with E-state index in [-0.39, 0.29) is 18.2 Å². The van der Waals surface area contributed by atoms with Gasteiger partial charge in [-0.2, -0.15) is 0 Å². The number of carboxylic acids is 1. The zero-order valence-corrected chi connectivity index (χ0v) is 13.3. The third-order valence-electron chi connectivity index (χ3n) is 3.65. The number of amides is 1. The van der Waals surface area contributed by atoms with Crippen molar-refractivity contribution in [3.63, 3.8) is 0 Å². The predicted octanol–water partition coefficient (Wildman–Crippen LogP) is 1.03. The Bertz CT molecular complexity index is 560. The van der Waals surface area contributed by atoms with Gasteiger partial charge in [-0.05, 0) is 40.0 Å². The molecular weight excluding hydrogens is 298 g/mol. The zero-order chi connectivity index (χ0) is 16.1. The number of ether oxygens (including phenoxy) is 1. The first-order chi connectivity index (χ1) is 9.47. The summed E-state index contributed by atoms with van der Waals surface area (Å²) in [6, 6.07) is -0.246. The van der Waals surface area contributed by atoms with Crippen LogP contribution in [0.1, 0.15) is 40.0 Å². The lowest BCUT2D eigenvalue weighted by Crippen LogP contribution is -2.59. The second-order valence-electron chi connectivity index (χ2n) is 6.76. The van der Waals surface area contributed by atoms with Gasteiger partial charge >= 0.3 is 12.1 Å². The van der Waals surface area contributed by atoms with Crippen LogP contribution >= 0.6 is 0 Å². The second-order valence-corrected chi connectivity index (χ2v) is 8.94. The molecule has 1 aliphatic carbocycles. The molecule has 0 radical (unpaired) electrons. The average molecular weight is 319 g/mol. The maximum absolute atomic E-state index is 12.4. The van der Waals surface area contributed by atoms with E-state index in [1.54, 1.807) is 20.8 Å². The Labute approximate surface area is 124 Å². The summed E-state index contributed by atoms with van der Waals surface area (Å²) in [5, 5.41) is 9.58. The van der Waals surface area contributed by atoms with Crippen LogP contribution in [0.4, 0.5) is 4.79 Å². The fraction of sp³-hybridized carbons (Fsp3) is 0.846. The SMILES string of the molecule is CC(C)(C)OC(=O)N(C1CC1)C1(C(=O)O)CCS(=O)(=O)C1. The normalized spacial score (nSPS) is 28.1. The molecule has 1 aliphatic heterocycles. The average Bonchev–Trinajstić information content (AvgIpc) is 3.01. The lowest BCUT2D eigenvalue weighted by Gasteiger charge is -2.38. The van der Waals surface area contributed by atoms with Crippen molar-refractivity contribution < 1.29 is 27.9 Å². The molecule has 0 aromatic carbocycles. The molecule has 2 aliphatic rings. The predicted molar refractivity (Wildman–Crippen MR) is 74.7 cm³/mol. The molecule has 1 saturated carbocycles. The Morgan fingerprint density at radius 3 is 2.19 bits per heavy atom. The molecule has 1 saturated heterocycles. The summed E-state index contributed by atoms with van der Waals surface area (Å²) < 4.78 is 28.8. The van der Waals surface area contributed by atoms with Gasteiger partial charge < -0.3 is 9.84 Å². The van der Waals surface area contributed by atoms with Gasteiger partial charge in [0.2, 0.25) is 0 Å². The van der Waals surface area contributed by atoms with Crippen molar-refractivity contribution in [2.75, 3.05) is 11.5 Å². The molecule has 0 aromatic heterocycles. The second kappa shape index (κ2) is 4.86. The topological polar surface area (TPSA) is 101 Å². The first-order valence-electron chi connectivity index (χ1n) is 6.93. The van der Waals surface area contributed by atoms with Crippen LogP contribution in [0.25, 0.3) is 0 Å². The standard InChI is InChI=1S/C13H21NO6S/c1-12(2,3)20-11(17)14(9-4-5-9)13(10(15)16)6-7-21(18,19)8-13/h9H,4-8H2,1-3H3,(H,15,16). The van der Waals surface area contributed by atoms with Crippen molar-refractivity contribution in [2.45, 2.75) is 57.2 Å². The number of hydrogen-bond donors (Lipinski definition) is 1. The zero-order valence-electron chi connectivity index (χ0n) is 12.5. The first kappa shape index (κ1) is 16.1. The monoisotopic (exact) mass is 319 g/mol. The van der Waals surface area contributed by atoms with Gasteiger partial charge in [0.15, 0.2) is 15.4 Å². The highest BCUT2D eigenvalue weighted by Crippen LogP contribution is 2.40.